The van der Waals surface area contributed by atoms with Gasteiger partial charge in [0.15, 0.2) is 0 Å². The van der Waals surface area contributed by atoms with Gasteiger partial charge in [0.2, 0.25) is 5.91 Å². The first-order chi connectivity index (χ1) is 10.4. The molecular formula is C17H20N2O3. The van der Waals surface area contributed by atoms with Crippen LogP contribution in [-0.4, -0.2) is 21.6 Å². The van der Waals surface area contributed by atoms with Crippen molar-refractivity contribution < 1.29 is 14.7 Å². The summed E-state index contributed by atoms with van der Waals surface area (Å²) in [5.74, 6) is -0.901. The normalized spacial score (nSPS) is 16.8. The van der Waals surface area contributed by atoms with Gasteiger partial charge in [-0.15, -0.1) is 0 Å². The molecule has 0 aliphatic heterocycles. The zero-order chi connectivity index (χ0) is 15.9. The minimum atomic E-state index is -0.956. The van der Waals surface area contributed by atoms with Crippen molar-refractivity contribution in [2.24, 2.45) is 12.5 Å². The Morgan fingerprint density at radius 1 is 1.23 bits per heavy atom. The number of rotatable bonds is 3. The van der Waals surface area contributed by atoms with Crippen molar-refractivity contribution >= 4 is 28.5 Å². The van der Waals surface area contributed by atoms with E-state index in [1.54, 1.807) is 17.7 Å². The molecule has 1 amide bonds. The SMILES string of the molecule is Cn1c(C(=O)O)cc2cc(NC(=O)C3(C)CCCC3)ccc21. The van der Waals surface area contributed by atoms with Gasteiger partial charge in [-0.1, -0.05) is 19.8 Å². The van der Waals surface area contributed by atoms with Crippen LogP contribution < -0.4 is 5.32 Å². The molecular weight excluding hydrogens is 280 g/mol. The number of hydrogen-bond acceptors (Lipinski definition) is 2. The Bertz CT molecular complexity index is 755. The molecule has 0 radical (unpaired) electrons. The number of aromatic nitrogens is 1. The van der Waals surface area contributed by atoms with Crippen molar-refractivity contribution in [3.63, 3.8) is 0 Å². The Morgan fingerprint density at radius 3 is 2.55 bits per heavy atom. The highest BCUT2D eigenvalue weighted by Gasteiger charge is 2.36. The molecule has 5 nitrogen and oxygen atoms in total. The van der Waals surface area contributed by atoms with Crippen LogP contribution in [-0.2, 0) is 11.8 Å². The molecule has 1 aromatic heterocycles. The number of nitrogens with one attached hydrogen (secondary N) is 1. The van der Waals surface area contributed by atoms with Crippen LogP contribution in [0.4, 0.5) is 5.69 Å². The molecule has 1 fully saturated rings. The number of aromatic carboxylic acids is 1. The van der Waals surface area contributed by atoms with Gasteiger partial charge in [-0.2, -0.15) is 0 Å². The number of benzene rings is 1. The van der Waals surface area contributed by atoms with E-state index in [1.165, 1.54) is 0 Å². The maximum atomic E-state index is 12.4. The van der Waals surface area contributed by atoms with Crippen LogP contribution in [0.5, 0.6) is 0 Å². The highest BCUT2D eigenvalue weighted by Crippen LogP contribution is 2.38. The molecule has 1 saturated carbocycles. The highest BCUT2D eigenvalue weighted by molar-refractivity contribution is 5.99. The second kappa shape index (κ2) is 5.16. The largest absolute Gasteiger partial charge is 0.477 e. The predicted octanol–water partition coefficient (Wildman–Crippen LogP) is 3.40. The van der Waals surface area contributed by atoms with E-state index in [1.807, 2.05) is 25.1 Å². The molecule has 0 spiro atoms. The lowest BCUT2D eigenvalue weighted by Gasteiger charge is -2.22. The van der Waals surface area contributed by atoms with Crippen molar-refractivity contribution in [3.8, 4) is 0 Å². The lowest BCUT2D eigenvalue weighted by molar-refractivity contribution is -0.124. The third kappa shape index (κ3) is 2.36. The number of hydrogen-bond donors (Lipinski definition) is 2. The topological polar surface area (TPSA) is 71.3 Å². The molecule has 0 atom stereocenters. The Hall–Kier alpha value is -2.30. The maximum Gasteiger partial charge on any atom is 0.352 e. The number of fused-ring (bicyclic) bond motifs is 1. The second-order valence-corrected chi connectivity index (χ2v) is 6.39. The van der Waals surface area contributed by atoms with Gasteiger partial charge in [-0.3, -0.25) is 4.79 Å². The van der Waals surface area contributed by atoms with Crippen molar-refractivity contribution in [1.29, 1.82) is 0 Å². The zero-order valence-electron chi connectivity index (χ0n) is 12.8. The maximum absolute atomic E-state index is 12.4. The molecule has 1 aliphatic rings. The van der Waals surface area contributed by atoms with Crippen molar-refractivity contribution in [1.82, 2.24) is 4.57 Å². The average Bonchev–Trinajstić information content (AvgIpc) is 3.04. The van der Waals surface area contributed by atoms with Gasteiger partial charge in [0.25, 0.3) is 0 Å². The zero-order valence-corrected chi connectivity index (χ0v) is 12.8. The van der Waals surface area contributed by atoms with E-state index in [0.717, 1.165) is 36.6 Å². The second-order valence-electron chi connectivity index (χ2n) is 6.39. The van der Waals surface area contributed by atoms with E-state index in [0.29, 0.717) is 5.69 Å². The Labute approximate surface area is 128 Å². The van der Waals surface area contributed by atoms with Crippen LogP contribution in [0.3, 0.4) is 0 Å². The van der Waals surface area contributed by atoms with Crippen molar-refractivity contribution in [2.45, 2.75) is 32.6 Å². The van der Waals surface area contributed by atoms with E-state index in [2.05, 4.69) is 5.32 Å². The molecule has 1 aromatic carbocycles. The number of nitrogens with zero attached hydrogens (tertiary/aromatic N) is 1. The first kappa shape index (κ1) is 14.6. The fraction of sp³-hybridized carbons (Fsp3) is 0.412. The Balaban J connectivity index is 1.89. The summed E-state index contributed by atoms with van der Waals surface area (Å²) >= 11 is 0. The Kier molecular flexibility index (Phi) is 3.43. The van der Waals surface area contributed by atoms with Gasteiger partial charge in [-0.05, 0) is 37.1 Å². The molecule has 22 heavy (non-hydrogen) atoms. The number of carboxylic acid groups (broad SMARTS) is 1. The summed E-state index contributed by atoms with van der Waals surface area (Å²) in [5, 5.41) is 13.0. The number of aryl methyl sites for hydroxylation is 1. The lowest BCUT2D eigenvalue weighted by atomic mass is 9.88. The molecule has 0 unspecified atom stereocenters. The van der Waals surface area contributed by atoms with Gasteiger partial charge >= 0.3 is 5.97 Å². The number of carbonyl (C=O) groups is 2. The van der Waals surface area contributed by atoms with Gasteiger partial charge in [0, 0.05) is 29.1 Å². The fourth-order valence-electron chi connectivity index (χ4n) is 3.30. The van der Waals surface area contributed by atoms with Gasteiger partial charge in [-0.25, -0.2) is 4.79 Å². The Morgan fingerprint density at radius 2 is 1.91 bits per heavy atom. The van der Waals surface area contributed by atoms with E-state index in [9.17, 15) is 9.59 Å². The fourth-order valence-corrected chi connectivity index (χ4v) is 3.30. The van der Waals surface area contributed by atoms with E-state index in [4.69, 9.17) is 5.11 Å². The molecule has 3 rings (SSSR count). The van der Waals surface area contributed by atoms with E-state index in [-0.39, 0.29) is 17.0 Å². The minimum absolute atomic E-state index is 0.0544. The quantitative estimate of drug-likeness (QED) is 0.912. The summed E-state index contributed by atoms with van der Waals surface area (Å²) < 4.78 is 1.64. The number of amides is 1. The minimum Gasteiger partial charge on any atom is -0.477 e. The summed E-state index contributed by atoms with van der Waals surface area (Å²) in [6.07, 6.45) is 4.05. The summed E-state index contributed by atoms with van der Waals surface area (Å²) in [5.41, 5.74) is 1.51. The van der Waals surface area contributed by atoms with Gasteiger partial charge < -0.3 is 15.0 Å². The third-order valence-corrected chi connectivity index (χ3v) is 4.77. The molecule has 5 heteroatoms. The van der Waals surface area contributed by atoms with Crippen LogP contribution in [0, 0.1) is 5.41 Å². The summed E-state index contributed by atoms with van der Waals surface area (Å²) in [7, 11) is 1.73. The third-order valence-electron chi connectivity index (χ3n) is 4.77. The van der Waals surface area contributed by atoms with E-state index >= 15 is 0 Å². The van der Waals surface area contributed by atoms with Crippen molar-refractivity contribution in [2.75, 3.05) is 5.32 Å². The van der Waals surface area contributed by atoms with Gasteiger partial charge in [0.1, 0.15) is 5.69 Å². The van der Waals surface area contributed by atoms with Crippen molar-refractivity contribution in [3.05, 3.63) is 30.0 Å². The van der Waals surface area contributed by atoms with Gasteiger partial charge in [0.05, 0.1) is 0 Å². The summed E-state index contributed by atoms with van der Waals surface area (Å²) in [4.78, 5) is 23.6. The molecule has 0 saturated heterocycles. The number of carbonyl (C=O) groups excluding carboxylic acids is 1. The molecule has 0 bridgehead atoms. The van der Waals surface area contributed by atoms with E-state index < -0.39 is 5.97 Å². The lowest BCUT2D eigenvalue weighted by Crippen LogP contribution is -2.30. The monoisotopic (exact) mass is 300 g/mol. The highest BCUT2D eigenvalue weighted by atomic mass is 16.4. The average molecular weight is 300 g/mol. The first-order valence-electron chi connectivity index (χ1n) is 7.55. The predicted molar refractivity (Wildman–Crippen MR) is 85.1 cm³/mol. The van der Waals surface area contributed by atoms with Crippen LogP contribution in [0.1, 0.15) is 43.1 Å². The first-order valence-corrected chi connectivity index (χ1v) is 7.55. The van der Waals surface area contributed by atoms with Crippen LogP contribution in [0.2, 0.25) is 0 Å². The molecule has 2 N–H and O–H groups in total. The molecule has 1 heterocycles. The smallest absolute Gasteiger partial charge is 0.352 e. The summed E-state index contributed by atoms with van der Waals surface area (Å²) in [6.45, 7) is 2.01. The molecule has 116 valence electrons. The molecule has 2 aromatic rings. The number of carboxylic acids is 1. The van der Waals surface area contributed by atoms with Crippen LogP contribution >= 0.6 is 0 Å². The molecule has 1 aliphatic carbocycles. The van der Waals surface area contributed by atoms with Crippen LogP contribution in [0.25, 0.3) is 10.9 Å². The number of anilines is 1. The standard InChI is InChI=1S/C17H20N2O3/c1-17(7-3-4-8-17)16(22)18-12-5-6-13-11(9-12)10-14(15(20)21)19(13)2/h5-6,9-10H,3-4,7-8H2,1-2H3,(H,18,22)(H,20,21). The summed E-state index contributed by atoms with van der Waals surface area (Å²) in [6, 6.07) is 7.13. The van der Waals surface area contributed by atoms with Crippen LogP contribution in [0.15, 0.2) is 24.3 Å².